The lowest BCUT2D eigenvalue weighted by Crippen LogP contribution is -2.41. The summed E-state index contributed by atoms with van der Waals surface area (Å²) in [6.07, 6.45) is 0. The molecule has 2 unspecified atom stereocenters. The summed E-state index contributed by atoms with van der Waals surface area (Å²) in [6.45, 7) is 2.03. The van der Waals surface area contributed by atoms with E-state index in [4.69, 9.17) is 16.3 Å². The van der Waals surface area contributed by atoms with Crippen molar-refractivity contribution >= 4 is 35.0 Å². The van der Waals surface area contributed by atoms with Crippen LogP contribution in [-0.2, 0) is 4.79 Å². The molecule has 1 aliphatic rings. The number of aryl methyl sites for hydroxylation is 1. The number of carbonyl (C=O) groups excluding carboxylic acids is 1. The fourth-order valence-corrected chi connectivity index (χ4v) is 4.62. The van der Waals surface area contributed by atoms with Crippen LogP contribution in [0.4, 0.5) is 5.69 Å². The summed E-state index contributed by atoms with van der Waals surface area (Å²) in [4.78, 5) is 13.2. The molecule has 28 heavy (non-hydrogen) atoms. The highest BCUT2D eigenvalue weighted by atomic mass is 35.5. The van der Waals surface area contributed by atoms with Crippen LogP contribution in [0.5, 0.6) is 5.75 Å². The second kappa shape index (κ2) is 7.81. The predicted octanol–water partition coefficient (Wildman–Crippen LogP) is 4.86. The van der Waals surface area contributed by atoms with Gasteiger partial charge in [0, 0.05) is 5.69 Å². The largest absolute Gasteiger partial charge is 0.497 e. The average molecular weight is 414 g/mol. The molecule has 2 heterocycles. The SMILES string of the molecule is COc1ccc(C2Nn3c(C)ccc3SC2C(=O)Nc2ccccc2Cl)cc1. The molecule has 144 valence electrons. The zero-order chi connectivity index (χ0) is 19.7. The Labute approximate surface area is 173 Å². The number of thioether (sulfide) groups is 1. The molecule has 2 atom stereocenters. The monoisotopic (exact) mass is 413 g/mol. The normalized spacial score (nSPS) is 18.1. The number of fused-ring (bicyclic) bond motifs is 1. The molecular weight excluding hydrogens is 394 g/mol. The summed E-state index contributed by atoms with van der Waals surface area (Å²) in [7, 11) is 1.64. The van der Waals surface area contributed by atoms with Gasteiger partial charge in [0.1, 0.15) is 11.0 Å². The molecule has 4 rings (SSSR count). The molecular formula is C21H20ClN3O2S. The number of rotatable bonds is 4. The van der Waals surface area contributed by atoms with Crippen LogP contribution in [0, 0.1) is 6.92 Å². The maximum absolute atomic E-state index is 13.2. The highest BCUT2D eigenvalue weighted by Gasteiger charge is 2.36. The Kier molecular flexibility index (Phi) is 5.24. The van der Waals surface area contributed by atoms with Crippen LogP contribution in [0.1, 0.15) is 17.3 Å². The molecule has 0 bridgehead atoms. The number of halogens is 1. The van der Waals surface area contributed by atoms with E-state index in [0.717, 1.165) is 22.0 Å². The molecule has 2 N–H and O–H groups in total. The number of aromatic nitrogens is 1. The molecule has 0 aliphatic carbocycles. The number of nitrogens with one attached hydrogen (secondary N) is 2. The number of hydrogen-bond donors (Lipinski definition) is 2. The zero-order valence-corrected chi connectivity index (χ0v) is 17.1. The van der Waals surface area contributed by atoms with E-state index in [1.165, 1.54) is 11.8 Å². The molecule has 0 radical (unpaired) electrons. The van der Waals surface area contributed by atoms with Crippen molar-refractivity contribution in [2.24, 2.45) is 0 Å². The van der Waals surface area contributed by atoms with Crippen LogP contribution in [0.25, 0.3) is 0 Å². The molecule has 1 aliphatic heterocycles. The van der Waals surface area contributed by atoms with Gasteiger partial charge in [-0.25, -0.2) is 0 Å². The van der Waals surface area contributed by atoms with E-state index in [1.54, 1.807) is 19.2 Å². The first-order valence-electron chi connectivity index (χ1n) is 8.87. The topological polar surface area (TPSA) is 55.3 Å². The van der Waals surface area contributed by atoms with Gasteiger partial charge < -0.3 is 15.5 Å². The van der Waals surface area contributed by atoms with E-state index in [1.807, 2.05) is 60.1 Å². The number of ether oxygens (including phenoxy) is 1. The van der Waals surface area contributed by atoms with Gasteiger partial charge in [-0.05, 0) is 48.9 Å². The molecule has 7 heteroatoms. The molecule has 0 saturated carbocycles. The van der Waals surface area contributed by atoms with Gasteiger partial charge in [-0.15, -0.1) is 0 Å². The number of benzene rings is 2. The molecule has 5 nitrogen and oxygen atoms in total. The highest BCUT2D eigenvalue weighted by molar-refractivity contribution is 8.00. The predicted molar refractivity (Wildman–Crippen MR) is 114 cm³/mol. The Morgan fingerprint density at radius 2 is 1.89 bits per heavy atom. The van der Waals surface area contributed by atoms with E-state index < -0.39 is 0 Å². The maximum atomic E-state index is 13.2. The third-order valence-electron chi connectivity index (χ3n) is 4.72. The van der Waals surface area contributed by atoms with Crippen LogP contribution in [0.2, 0.25) is 5.02 Å². The number of methoxy groups -OCH3 is 1. The van der Waals surface area contributed by atoms with Crippen LogP contribution in [0.15, 0.2) is 65.7 Å². The van der Waals surface area contributed by atoms with Crippen LogP contribution >= 0.6 is 23.4 Å². The number of para-hydroxylation sites is 1. The third kappa shape index (κ3) is 3.57. The van der Waals surface area contributed by atoms with E-state index in [-0.39, 0.29) is 17.2 Å². The number of nitrogens with zero attached hydrogens (tertiary/aromatic N) is 1. The van der Waals surface area contributed by atoms with E-state index >= 15 is 0 Å². The Morgan fingerprint density at radius 1 is 1.14 bits per heavy atom. The Bertz CT molecular complexity index is 1000. The summed E-state index contributed by atoms with van der Waals surface area (Å²) in [6, 6.07) is 18.9. The maximum Gasteiger partial charge on any atom is 0.240 e. The molecule has 1 aromatic heterocycles. The van der Waals surface area contributed by atoms with Crippen molar-refractivity contribution in [1.82, 2.24) is 4.68 Å². The number of anilines is 1. The van der Waals surface area contributed by atoms with Gasteiger partial charge in [-0.1, -0.05) is 47.6 Å². The smallest absolute Gasteiger partial charge is 0.240 e. The van der Waals surface area contributed by atoms with Crippen LogP contribution in [-0.4, -0.2) is 22.9 Å². The first-order chi connectivity index (χ1) is 13.6. The minimum absolute atomic E-state index is 0.100. The molecule has 0 saturated heterocycles. The van der Waals surface area contributed by atoms with Crippen molar-refractivity contribution < 1.29 is 9.53 Å². The molecule has 0 fully saturated rings. The van der Waals surface area contributed by atoms with Crippen molar-refractivity contribution in [3.8, 4) is 5.75 Å². The standard InChI is InChI=1S/C21H20ClN3O2S/c1-13-7-12-18-25(13)24-19(14-8-10-15(27-2)11-9-14)20(28-18)21(26)23-17-6-4-3-5-16(17)22/h3-12,19-20,24H,1-2H3,(H,23,26). The summed E-state index contributed by atoms with van der Waals surface area (Å²) >= 11 is 7.76. The molecule has 3 aromatic rings. The second-order valence-corrected chi connectivity index (χ2v) is 8.10. The van der Waals surface area contributed by atoms with Gasteiger partial charge in [-0.3, -0.25) is 9.47 Å². The lowest BCUT2D eigenvalue weighted by Gasteiger charge is -2.34. The Morgan fingerprint density at radius 3 is 2.61 bits per heavy atom. The van der Waals surface area contributed by atoms with Crippen molar-refractivity contribution in [1.29, 1.82) is 0 Å². The van der Waals surface area contributed by atoms with E-state index in [0.29, 0.717) is 10.7 Å². The minimum Gasteiger partial charge on any atom is -0.497 e. The van der Waals surface area contributed by atoms with Crippen molar-refractivity contribution in [2.75, 3.05) is 17.9 Å². The lowest BCUT2D eigenvalue weighted by atomic mass is 10.0. The minimum atomic E-state index is -0.369. The summed E-state index contributed by atoms with van der Waals surface area (Å²) < 4.78 is 7.29. The van der Waals surface area contributed by atoms with E-state index in [9.17, 15) is 4.79 Å². The first kappa shape index (κ1) is 18.8. The summed E-state index contributed by atoms with van der Waals surface area (Å²) in [5.74, 6) is 0.679. The highest BCUT2D eigenvalue weighted by Crippen LogP contribution is 2.39. The van der Waals surface area contributed by atoms with Crippen LogP contribution < -0.4 is 15.5 Å². The van der Waals surface area contributed by atoms with Gasteiger partial charge in [0.15, 0.2) is 0 Å². The summed E-state index contributed by atoms with van der Waals surface area (Å²) in [5.41, 5.74) is 6.20. The Hall–Kier alpha value is -2.57. The van der Waals surface area contributed by atoms with Gasteiger partial charge in [0.2, 0.25) is 5.91 Å². The molecule has 0 spiro atoms. The van der Waals surface area contributed by atoms with Crippen molar-refractivity contribution in [3.05, 3.63) is 76.9 Å². The van der Waals surface area contributed by atoms with Gasteiger partial charge in [-0.2, -0.15) is 0 Å². The number of amides is 1. The van der Waals surface area contributed by atoms with Crippen molar-refractivity contribution in [3.63, 3.8) is 0 Å². The van der Waals surface area contributed by atoms with Gasteiger partial charge >= 0.3 is 0 Å². The van der Waals surface area contributed by atoms with Gasteiger partial charge in [0.25, 0.3) is 0 Å². The van der Waals surface area contributed by atoms with E-state index in [2.05, 4.69) is 10.7 Å². The lowest BCUT2D eigenvalue weighted by molar-refractivity contribution is -0.116. The molecule has 1 amide bonds. The first-order valence-corrected chi connectivity index (χ1v) is 10.1. The van der Waals surface area contributed by atoms with Crippen molar-refractivity contribution in [2.45, 2.75) is 23.2 Å². The van der Waals surface area contributed by atoms with Gasteiger partial charge in [0.05, 0.1) is 28.9 Å². The number of carbonyl (C=O) groups is 1. The zero-order valence-electron chi connectivity index (χ0n) is 15.5. The Balaban J connectivity index is 1.67. The fraction of sp³-hybridized carbons (Fsp3) is 0.190. The quantitative estimate of drug-likeness (QED) is 0.641. The third-order valence-corrected chi connectivity index (χ3v) is 6.35. The number of hydrogen-bond acceptors (Lipinski definition) is 4. The molecule has 2 aromatic carbocycles. The fourth-order valence-electron chi connectivity index (χ4n) is 3.21. The second-order valence-electron chi connectivity index (χ2n) is 6.54. The average Bonchev–Trinajstić information content (AvgIpc) is 3.09. The van der Waals surface area contributed by atoms with Crippen LogP contribution in [0.3, 0.4) is 0 Å². The summed E-state index contributed by atoms with van der Waals surface area (Å²) in [5, 5.41) is 4.12.